The van der Waals surface area contributed by atoms with Crippen molar-refractivity contribution in [1.29, 1.82) is 0 Å². The molecule has 12 rings (SSSR count). The van der Waals surface area contributed by atoms with Crippen molar-refractivity contribution in [3.8, 4) is 22.3 Å². The predicted molar refractivity (Wildman–Crippen MR) is 237 cm³/mol. The maximum Gasteiger partial charge on any atom is 0.136 e. The summed E-state index contributed by atoms with van der Waals surface area (Å²) in [6.45, 7) is 4.76. The van der Waals surface area contributed by atoms with Crippen LogP contribution >= 0.6 is 0 Å². The molecule has 264 valence electrons. The second kappa shape index (κ2) is 11.7. The SMILES string of the molecule is CC1(C)c2ccc(-c3c4ccccc4c(C4=CC=C(c5ccccc5)C5C=CC=CC45)c4ccccc34)cc2-c2cc3c(ccc4oc5ccccc5c43)cc21. The number of benzene rings is 8. The van der Waals surface area contributed by atoms with Crippen LogP contribution in [-0.4, -0.2) is 0 Å². The topological polar surface area (TPSA) is 13.1 Å². The Morgan fingerprint density at radius 3 is 1.79 bits per heavy atom. The zero-order valence-corrected chi connectivity index (χ0v) is 31.4. The zero-order chi connectivity index (χ0) is 37.1. The van der Waals surface area contributed by atoms with Crippen molar-refractivity contribution in [1.82, 2.24) is 0 Å². The minimum absolute atomic E-state index is 0.128. The standard InChI is InChI=1S/C55H38O/c1-55(2)48-28-24-35(30-46(48)47-32-45-34(31-49(47)55)25-29-51-54(45)44-22-12-13-23-50(44)56-51)52-39-18-8-10-20-41(39)53(42-21-11-9-19-40(42)52)43-27-26-36(33-14-4-3-5-15-33)37-16-6-7-17-38(37)43/h3-32,37-38H,1-2H3. The highest BCUT2D eigenvalue weighted by Crippen LogP contribution is 2.54. The lowest BCUT2D eigenvalue weighted by Gasteiger charge is -2.33. The van der Waals surface area contributed by atoms with Gasteiger partial charge in [-0.1, -0.05) is 166 Å². The van der Waals surface area contributed by atoms with Gasteiger partial charge in [-0.2, -0.15) is 0 Å². The van der Waals surface area contributed by atoms with Gasteiger partial charge in [0.1, 0.15) is 11.2 Å². The third-order valence-corrected chi connectivity index (χ3v) is 13.1. The summed E-state index contributed by atoms with van der Waals surface area (Å²) < 4.78 is 6.34. The largest absolute Gasteiger partial charge is 0.456 e. The maximum atomic E-state index is 6.34. The van der Waals surface area contributed by atoms with Crippen LogP contribution in [0.1, 0.15) is 36.1 Å². The molecule has 0 aliphatic heterocycles. The number of allylic oxidation sites excluding steroid dienone is 8. The molecular formula is C55H38O. The van der Waals surface area contributed by atoms with Crippen molar-refractivity contribution in [2.45, 2.75) is 19.3 Å². The predicted octanol–water partition coefficient (Wildman–Crippen LogP) is 14.9. The molecule has 2 unspecified atom stereocenters. The summed E-state index contributed by atoms with van der Waals surface area (Å²) in [5.74, 6) is 0.516. The average Bonchev–Trinajstić information content (AvgIpc) is 3.73. The molecule has 0 amide bonds. The molecule has 56 heavy (non-hydrogen) atoms. The number of hydrogen-bond acceptors (Lipinski definition) is 1. The van der Waals surface area contributed by atoms with Crippen LogP contribution in [0.2, 0.25) is 0 Å². The van der Waals surface area contributed by atoms with Crippen molar-refractivity contribution in [2.75, 3.05) is 0 Å². The third kappa shape index (κ3) is 4.37. The van der Waals surface area contributed by atoms with Crippen LogP contribution in [-0.2, 0) is 5.41 Å². The Hall–Kier alpha value is -6.70. The second-order valence-electron chi connectivity index (χ2n) is 16.3. The van der Waals surface area contributed by atoms with Gasteiger partial charge < -0.3 is 4.42 Å². The molecule has 3 aliphatic carbocycles. The number of para-hydroxylation sites is 1. The van der Waals surface area contributed by atoms with E-state index >= 15 is 0 Å². The molecule has 9 aromatic rings. The first-order valence-corrected chi connectivity index (χ1v) is 19.8. The first kappa shape index (κ1) is 31.6. The highest BCUT2D eigenvalue weighted by molar-refractivity contribution is 6.21. The molecule has 1 nitrogen and oxygen atoms in total. The Labute approximate surface area is 326 Å². The maximum absolute atomic E-state index is 6.34. The van der Waals surface area contributed by atoms with Crippen LogP contribution in [0.15, 0.2) is 186 Å². The van der Waals surface area contributed by atoms with E-state index in [2.05, 4.69) is 196 Å². The summed E-state index contributed by atoms with van der Waals surface area (Å²) in [5.41, 5.74) is 15.1. The molecule has 8 aromatic carbocycles. The average molecular weight is 715 g/mol. The highest BCUT2D eigenvalue weighted by atomic mass is 16.3. The van der Waals surface area contributed by atoms with E-state index in [1.165, 1.54) is 98.7 Å². The molecule has 1 heteroatoms. The summed E-state index contributed by atoms with van der Waals surface area (Å²) in [5, 5.41) is 10.0. The molecule has 0 bridgehead atoms. The van der Waals surface area contributed by atoms with E-state index in [9.17, 15) is 0 Å². The van der Waals surface area contributed by atoms with Crippen molar-refractivity contribution in [3.05, 3.63) is 204 Å². The Bertz CT molecular complexity index is 3210. The highest BCUT2D eigenvalue weighted by Gasteiger charge is 2.37. The van der Waals surface area contributed by atoms with Crippen molar-refractivity contribution in [2.24, 2.45) is 11.8 Å². The van der Waals surface area contributed by atoms with Gasteiger partial charge in [-0.15, -0.1) is 0 Å². The molecule has 0 fully saturated rings. The molecule has 0 spiro atoms. The lowest BCUT2D eigenvalue weighted by Crippen LogP contribution is -2.19. The molecule has 1 aromatic heterocycles. The van der Waals surface area contributed by atoms with Crippen LogP contribution < -0.4 is 0 Å². The number of hydrogen-bond donors (Lipinski definition) is 0. The van der Waals surface area contributed by atoms with E-state index < -0.39 is 0 Å². The Kier molecular flexibility index (Phi) is 6.58. The third-order valence-electron chi connectivity index (χ3n) is 13.1. The minimum Gasteiger partial charge on any atom is -0.456 e. The Morgan fingerprint density at radius 1 is 0.446 bits per heavy atom. The van der Waals surface area contributed by atoms with E-state index in [0.717, 1.165) is 11.2 Å². The minimum atomic E-state index is -0.128. The molecule has 0 radical (unpaired) electrons. The van der Waals surface area contributed by atoms with Gasteiger partial charge in [0, 0.05) is 28.0 Å². The van der Waals surface area contributed by atoms with E-state index in [0.29, 0.717) is 0 Å². The molecule has 1 heterocycles. The smallest absolute Gasteiger partial charge is 0.136 e. The molecule has 3 aliphatic rings. The molecule has 0 N–H and O–H groups in total. The number of furan rings is 1. The van der Waals surface area contributed by atoms with Gasteiger partial charge in [-0.25, -0.2) is 0 Å². The van der Waals surface area contributed by atoms with Gasteiger partial charge in [0.25, 0.3) is 0 Å². The second-order valence-corrected chi connectivity index (χ2v) is 16.3. The zero-order valence-electron chi connectivity index (χ0n) is 31.4. The summed E-state index contributed by atoms with van der Waals surface area (Å²) >= 11 is 0. The number of fused-ring (bicyclic) bond motifs is 11. The van der Waals surface area contributed by atoms with Gasteiger partial charge in [0.15, 0.2) is 0 Å². The van der Waals surface area contributed by atoms with Gasteiger partial charge in [-0.05, 0) is 118 Å². The van der Waals surface area contributed by atoms with Gasteiger partial charge in [-0.3, -0.25) is 0 Å². The summed E-state index contributed by atoms with van der Waals surface area (Å²) in [6.07, 6.45) is 14.0. The van der Waals surface area contributed by atoms with Gasteiger partial charge >= 0.3 is 0 Å². The van der Waals surface area contributed by atoms with E-state index in [4.69, 9.17) is 4.42 Å². The fourth-order valence-electron chi connectivity index (χ4n) is 10.5. The normalized spacial score (nSPS) is 18.0. The monoisotopic (exact) mass is 714 g/mol. The quantitative estimate of drug-likeness (QED) is 0.166. The van der Waals surface area contributed by atoms with Crippen LogP contribution in [0, 0.1) is 11.8 Å². The molecule has 0 saturated heterocycles. The van der Waals surface area contributed by atoms with Gasteiger partial charge in [0.2, 0.25) is 0 Å². The van der Waals surface area contributed by atoms with Crippen LogP contribution in [0.25, 0.3) is 87.7 Å². The molecule has 0 saturated carbocycles. The first-order valence-electron chi connectivity index (χ1n) is 19.8. The summed E-state index contributed by atoms with van der Waals surface area (Å²) in [6, 6.07) is 54.0. The van der Waals surface area contributed by atoms with E-state index in [-0.39, 0.29) is 17.3 Å². The lowest BCUT2D eigenvalue weighted by molar-refractivity contribution is 0.661. The number of rotatable bonds is 3. The van der Waals surface area contributed by atoms with E-state index in [1.54, 1.807) is 0 Å². The first-order chi connectivity index (χ1) is 27.5. The van der Waals surface area contributed by atoms with Crippen LogP contribution in [0.4, 0.5) is 0 Å². The van der Waals surface area contributed by atoms with E-state index in [1.807, 2.05) is 0 Å². The molecular weight excluding hydrogens is 677 g/mol. The van der Waals surface area contributed by atoms with Crippen LogP contribution in [0.3, 0.4) is 0 Å². The molecule has 2 atom stereocenters. The lowest BCUT2D eigenvalue weighted by atomic mass is 9.70. The van der Waals surface area contributed by atoms with Crippen LogP contribution in [0.5, 0.6) is 0 Å². The Morgan fingerprint density at radius 2 is 1.05 bits per heavy atom. The summed E-state index contributed by atoms with van der Waals surface area (Å²) in [7, 11) is 0. The van der Waals surface area contributed by atoms with Crippen molar-refractivity contribution < 1.29 is 4.42 Å². The fraction of sp³-hybridized carbons (Fsp3) is 0.0909. The van der Waals surface area contributed by atoms with Gasteiger partial charge in [0.05, 0.1) is 0 Å². The van der Waals surface area contributed by atoms with Crippen molar-refractivity contribution >= 4 is 65.4 Å². The van der Waals surface area contributed by atoms with Crippen molar-refractivity contribution in [3.63, 3.8) is 0 Å². The fourth-order valence-corrected chi connectivity index (χ4v) is 10.5. The summed E-state index contributed by atoms with van der Waals surface area (Å²) in [4.78, 5) is 0. The Balaban J connectivity index is 1.09.